The Hall–Kier alpha value is -1.47. The second-order valence-electron chi connectivity index (χ2n) is 3.59. The molecule has 1 aromatic carbocycles. The lowest BCUT2D eigenvalue weighted by molar-refractivity contribution is 0.0963. The van der Waals surface area contributed by atoms with Crippen molar-refractivity contribution in [1.82, 2.24) is 5.32 Å². The van der Waals surface area contributed by atoms with Gasteiger partial charge >= 0.3 is 0 Å². The molecule has 1 N–H and O–H groups in total. The molecule has 0 aliphatic heterocycles. The first-order chi connectivity index (χ1) is 8.27. The van der Waals surface area contributed by atoms with Gasteiger partial charge in [0.1, 0.15) is 0 Å². The molecule has 1 aromatic rings. The van der Waals surface area contributed by atoms with E-state index >= 15 is 0 Å². The van der Waals surface area contributed by atoms with E-state index in [1.807, 2.05) is 24.3 Å². The number of carbonyl (C=O) groups is 1. The van der Waals surface area contributed by atoms with Crippen LogP contribution in [0.1, 0.15) is 28.8 Å². The van der Waals surface area contributed by atoms with E-state index in [0.29, 0.717) is 12.0 Å². The third kappa shape index (κ3) is 4.92. The zero-order valence-electron chi connectivity index (χ0n) is 9.90. The average Bonchev–Trinajstić information content (AvgIpc) is 2.38. The van der Waals surface area contributed by atoms with Crippen molar-refractivity contribution in [3.63, 3.8) is 0 Å². The van der Waals surface area contributed by atoms with Crippen LogP contribution >= 0.6 is 11.8 Å². The third-order valence-corrected chi connectivity index (χ3v) is 3.38. The van der Waals surface area contributed by atoms with Gasteiger partial charge in [-0.2, -0.15) is 17.0 Å². The van der Waals surface area contributed by atoms with Gasteiger partial charge in [-0.3, -0.25) is 4.79 Å². The first-order valence-electron chi connectivity index (χ1n) is 5.53. The highest BCUT2D eigenvalue weighted by molar-refractivity contribution is 7.98. The molecule has 0 fully saturated rings. The van der Waals surface area contributed by atoms with E-state index in [0.717, 1.165) is 23.5 Å². The zero-order chi connectivity index (χ0) is 12.5. The molecule has 4 heteroatoms. The van der Waals surface area contributed by atoms with Crippen LogP contribution < -0.4 is 5.32 Å². The van der Waals surface area contributed by atoms with Crippen molar-refractivity contribution in [2.75, 3.05) is 12.8 Å². The smallest absolute Gasteiger partial charge is 0.251 e. The van der Waals surface area contributed by atoms with Crippen LogP contribution in [0.25, 0.3) is 0 Å². The maximum absolute atomic E-state index is 11.4. The number of benzene rings is 1. The number of carbonyl (C=O) groups excluding carboxylic acids is 1. The van der Waals surface area contributed by atoms with Crippen LogP contribution in [0.2, 0.25) is 0 Å². The van der Waals surface area contributed by atoms with Gasteiger partial charge in [0.25, 0.3) is 5.91 Å². The van der Waals surface area contributed by atoms with Gasteiger partial charge in [0.2, 0.25) is 0 Å². The van der Waals surface area contributed by atoms with E-state index in [1.54, 1.807) is 18.8 Å². The van der Waals surface area contributed by atoms with Gasteiger partial charge in [0, 0.05) is 24.8 Å². The van der Waals surface area contributed by atoms with Gasteiger partial charge in [-0.05, 0) is 29.9 Å². The fourth-order valence-electron chi connectivity index (χ4n) is 1.39. The Morgan fingerprint density at radius 3 is 3.06 bits per heavy atom. The molecule has 1 rings (SSSR count). The Kier molecular flexibility index (Phi) is 6.19. The van der Waals surface area contributed by atoms with Crippen molar-refractivity contribution < 1.29 is 4.79 Å². The first-order valence-corrected chi connectivity index (χ1v) is 6.69. The molecule has 0 atom stereocenters. The maximum Gasteiger partial charge on any atom is 0.251 e. The van der Waals surface area contributed by atoms with Crippen LogP contribution in [0.4, 0.5) is 0 Å². The maximum atomic E-state index is 11.4. The summed E-state index contributed by atoms with van der Waals surface area (Å²) in [6.45, 7) is 0. The summed E-state index contributed by atoms with van der Waals surface area (Å²) in [6, 6.07) is 9.77. The molecule has 0 radical (unpaired) electrons. The van der Waals surface area contributed by atoms with Crippen LogP contribution in [0, 0.1) is 11.3 Å². The van der Waals surface area contributed by atoms with Gasteiger partial charge < -0.3 is 5.32 Å². The van der Waals surface area contributed by atoms with Crippen LogP contribution in [0.5, 0.6) is 0 Å². The lowest BCUT2D eigenvalue weighted by atomic mass is 10.1. The zero-order valence-corrected chi connectivity index (χ0v) is 10.7. The molecule has 0 unspecified atom stereocenters. The highest BCUT2D eigenvalue weighted by Crippen LogP contribution is 2.15. The number of nitrogens with zero attached hydrogens (tertiary/aromatic N) is 1. The molecular weight excluding hydrogens is 232 g/mol. The molecule has 17 heavy (non-hydrogen) atoms. The topological polar surface area (TPSA) is 52.9 Å². The predicted molar refractivity (Wildman–Crippen MR) is 70.8 cm³/mol. The number of nitriles is 1. The minimum atomic E-state index is -0.0543. The minimum Gasteiger partial charge on any atom is -0.355 e. The molecule has 0 spiro atoms. The van der Waals surface area contributed by atoms with E-state index in [2.05, 4.69) is 11.4 Å². The van der Waals surface area contributed by atoms with Crippen molar-refractivity contribution in [3.8, 4) is 6.07 Å². The molecule has 0 aromatic heterocycles. The number of amides is 1. The normalized spacial score (nSPS) is 9.65. The summed E-state index contributed by atoms with van der Waals surface area (Å²) in [7, 11) is 1.63. The van der Waals surface area contributed by atoms with E-state index < -0.39 is 0 Å². The van der Waals surface area contributed by atoms with Crippen molar-refractivity contribution in [1.29, 1.82) is 5.26 Å². The van der Waals surface area contributed by atoms with Crippen molar-refractivity contribution >= 4 is 17.7 Å². The van der Waals surface area contributed by atoms with E-state index in [1.165, 1.54) is 0 Å². The number of thioether (sulfide) groups is 1. The van der Waals surface area contributed by atoms with Gasteiger partial charge in [0.05, 0.1) is 6.07 Å². The first kappa shape index (κ1) is 13.6. The summed E-state index contributed by atoms with van der Waals surface area (Å²) in [5.41, 5.74) is 1.84. The van der Waals surface area contributed by atoms with E-state index in [9.17, 15) is 4.79 Å². The highest BCUT2D eigenvalue weighted by Gasteiger charge is 2.03. The van der Waals surface area contributed by atoms with Crippen molar-refractivity contribution in [2.45, 2.75) is 18.6 Å². The molecule has 0 aliphatic carbocycles. The molecule has 0 aliphatic rings. The molecule has 3 nitrogen and oxygen atoms in total. The lowest BCUT2D eigenvalue weighted by Crippen LogP contribution is -2.17. The lowest BCUT2D eigenvalue weighted by Gasteiger charge is -2.04. The summed E-state index contributed by atoms with van der Waals surface area (Å²) in [5, 5.41) is 11.0. The van der Waals surface area contributed by atoms with Gasteiger partial charge in [0.15, 0.2) is 0 Å². The van der Waals surface area contributed by atoms with Crippen molar-refractivity contribution in [3.05, 3.63) is 35.4 Å². The number of hydrogen-bond acceptors (Lipinski definition) is 3. The largest absolute Gasteiger partial charge is 0.355 e. The van der Waals surface area contributed by atoms with Crippen LogP contribution in [0.15, 0.2) is 24.3 Å². The average molecular weight is 248 g/mol. The van der Waals surface area contributed by atoms with Crippen LogP contribution in [-0.2, 0) is 5.75 Å². The van der Waals surface area contributed by atoms with Crippen LogP contribution in [-0.4, -0.2) is 18.7 Å². The van der Waals surface area contributed by atoms with Crippen molar-refractivity contribution in [2.24, 2.45) is 0 Å². The fraction of sp³-hybridized carbons (Fsp3) is 0.385. The van der Waals surface area contributed by atoms with Gasteiger partial charge in [-0.1, -0.05) is 12.1 Å². The Bertz CT molecular complexity index is 412. The SMILES string of the molecule is CNC(=O)c1cccc(CSCCCC#N)c1. The minimum absolute atomic E-state index is 0.0543. The van der Waals surface area contributed by atoms with Gasteiger partial charge in [-0.25, -0.2) is 0 Å². The quantitative estimate of drug-likeness (QED) is 0.787. The standard InChI is InChI=1S/C13H16N2OS/c1-15-13(16)12-6-4-5-11(9-12)10-17-8-3-2-7-14/h4-6,9H,2-3,8,10H2,1H3,(H,15,16). The predicted octanol–water partition coefficient (Wildman–Crippen LogP) is 2.58. The Balaban J connectivity index is 2.44. The molecule has 1 amide bonds. The Morgan fingerprint density at radius 1 is 1.53 bits per heavy atom. The second-order valence-corrected chi connectivity index (χ2v) is 4.70. The monoisotopic (exact) mass is 248 g/mol. The molecular formula is C13H16N2OS. The third-order valence-electron chi connectivity index (χ3n) is 2.26. The summed E-state index contributed by atoms with van der Waals surface area (Å²) in [5.74, 6) is 1.81. The number of nitrogens with one attached hydrogen (secondary N) is 1. The number of rotatable bonds is 6. The highest BCUT2D eigenvalue weighted by atomic mass is 32.2. The molecule has 0 saturated carbocycles. The molecule has 0 saturated heterocycles. The summed E-state index contributed by atoms with van der Waals surface area (Å²) >= 11 is 1.79. The summed E-state index contributed by atoms with van der Waals surface area (Å²) in [4.78, 5) is 11.4. The van der Waals surface area contributed by atoms with Crippen LogP contribution in [0.3, 0.4) is 0 Å². The fourth-order valence-corrected chi connectivity index (χ4v) is 2.30. The van der Waals surface area contributed by atoms with E-state index in [4.69, 9.17) is 5.26 Å². The number of unbranched alkanes of at least 4 members (excludes halogenated alkanes) is 1. The molecule has 0 bridgehead atoms. The Labute approximate surface area is 106 Å². The number of hydrogen-bond donors (Lipinski definition) is 1. The molecule has 90 valence electrons. The Morgan fingerprint density at radius 2 is 2.35 bits per heavy atom. The van der Waals surface area contributed by atoms with Gasteiger partial charge in [-0.15, -0.1) is 0 Å². The molecule has 0 heterocycles. The summed E-state index contributed by atoms with van der Waals surface area (Å²) < 4.78 is 0. The second kappa shape index (κ2) is 7.75. The summed E-state index contributed by atoms with van der Waals surface area (Å²) in [6.07, 6.45) is 1.54. The van der Waals surface area contributed by atoms with E-state index in [-0.39, 0.29) is 5.91 Å².